The fourth-order valence-corrected chi connectivity index (χ4v) is 2.96. The lowest BCUT2D eigenvalue weighted by Gasteiger charge is -2.24. The van der Waals surface area contributed by atoms with E-state index in [0.29, 0.717) is 11.6 Å². The highest BCUT2D eigenvalue weighted by Gasteiger charge is 2.33. The molecule has 0 bridgehead atoms. The van der Waals surface area contributed by atoms with Crippen LogP contribution in [-0.4, -0.2) is 27.3 Å². The number of benzene rings is 1. The van der Waals surface area contributed by atoms with Gasteiger partial charge in [0.05, 0.1) is 12.1 Å². The molecule has 5 heteroatoms. The van der Waals surface area contributed by atoms with Crippen LogP contribution in [0.4, 0.5) is 0 Å². The molecular weight excluding hydrogens is 314 g/mol. The molecule has 1 aromatic carbocycles. The molecule has 0 aliphatic heterocycles. The van der Waals surface area contributed by atoms with Gasteiger partial charge in [-0.3, -0.25) is 9.48 Å². The molecule has 2 N–H and O–H groups in total. The van der Waals surface area contributed by atoms with Gasteiger partial charge in [-0.15, -0.1) is 0 Å². The summed E-state index contributed by atoms with van der Waals surface area (Å²) in [5.41, 5.74) is 1.04. The Bertz CT molecular complexity index is 753. The van der Waals surface area contributed by atoms with Gasteiger partial charge >= 0.3 is 0 Å². The Morgan fingerprint density at radius 3 is 2.44 bits per heavy atom. The summed E-state index contributed by atoms with van der Waals surface area (Å²) in [5.74, 6) is 0.266. The molecule has 1 aliphatic carbocycles. The lowest BCUT2D eigenvalue weighted by atomic mass is 9.96. The van der Waals surface area contributed by atoms with Crippen LogP contribution in [0, 0.1) is 0 Å². The van der Waals surface area contributed by atoms with Gasteiger partial charge in [0.1, 0.15) is 11.3 Å². The van der Waals surface area contributed by atoms with Crippen LogP contribution >= 0.6 is 0 Å². The molecule has 0 radical (unpaired) electrons. The van der Waals surface area contributed by atoms with Crippen molar-refractivity contribution in [3.05, 3.63) is 53.3 Å². The van der Waals surface area contributed by atoms with Crippen molar-refractivity contribution in [2.24, 2.45) is 0 Å². The number of carbonyl (C=O) groups excluding carboxylic acids is 1. The molecule has 3 rings (SSSR count). The summed E-state index contributed by atoms with van der Waals surface area (Å²) < 4.78 is 1.97. The average Bonchev–Trinajstić information content (AvgIpc) is 3.30. The molecule has 1 fully saturated rings. The molecule has 1 unspecified atom stereocenters. The van der Waals surface area contributed by atoms with Crippen molar-refractivity contribution in [2.45, 2.75) is 57.6 Å². The maximum atomic E-state index is 12.6. The number of carbonyl (C=O) groups is 1. The van der Waals surface area contributed by atoms with E-state index >= 15 is 0 Å². The van der Waals surface area contributed by atoms with Gasteiger partial charge in [0, 0.05) is 11.6 Å². The molecule has 2 aromatic rings. The average molecular weight is 341 g/mol. The van der Waals surface area contributed by atoms with Crippen molar-refractivity contribution in [2.75, 3.05) is 6.54 Å². The fourth-order valence-electron chi connectivity index (χ4n) is 2.96. The predicted octanol–water partition coefficient (Wildman–Crippen LogP) is 3.15. The zero-order valence-corrected chi connectivity index (χ0v) is 15.4. The number of hydrogen-bond donors (Lipinski definition) is 2. The molecule has 5 nitrogen and oxygen atoms in total. The van der Waals surface area contributed by atoms with Crippen molar-refractivity contribution in [1.29, 1.82) is 0 Å². The molecule has 0 spiro atoms. The van der Waals surface area contributed by atoms with E-state index in [1.165, 1.54) is 0 Å². The maximum Gasteiger partial charge on any atom is 0.271 e. The van der Waals surface area contributed by atoms with Gasteiger partial charge in [-0.05, 0) is 52.2 Å². The molecule has 1 atom stereocenters. The summed E-state index contributed by atoms with van der Waals surface area (Å²) in [7, 11) is 0. The topological polar surface area (TPSA) is 67.2 Å². The Morgan fingerprint density at radius 2 is 1.88 bits per heavy atom. The zero-order chi connectivity index (χ0) is 18.2. The number of aromatic nitrogens is 2. The van der Waals surface area contributed by atoms with Gasteiger partial charge in [-0.1, -0.05) is 30.3 Å². The van der Waals surface area contributed by atoms with Crippen LogP contribution in [0.2, 0.25) is 0 Å². The summed E-state index contributed by atoms with van der Waals surface area (Å²) in [4.78, 5) is 12.6. The Labute approximate surface area is 149 Å². The molecule has 1 heterocycles. The first-order chi connectivity index (χ1) is 11.7. The van der Waals surface area contributed by atoms with E-state index in [1.54, 1.807) is 6.92 Å². The van der Waals surface area contributed by atoms with Gasteiger partial charge in [0.2, 0.25) is 0 Å². The summed E-state index contributed by atoms with van der Waals surface area (Å²) >= 11 is 0. The number of aliphatic hydroxyl groups is 1. The van der Waals surface area contributed by atoms with Crippen molar-refractivity contribution in [3.63, 3.8) is 0 Å². The van der Waals surface area contributed by atoms with E-state index in [-0.39, 0.29) is 18.0 Å². The van der Waals surface area contributed by atoms with E-state index in [4.69, 9.17) is 0 Å². The summed E-state index contributed by atoms with van der Waals surface area (Å²) in [5, 5.41) is 18.0. The monoisotopic (exact) mass is 341 g/mol. The standard InChI is InChI=1S/C20H27N3O2/c1-19(2,3)23-17(14-10-11-14)12-16(22-23)18(24)21-13-20(4,25)15-8-6-5-7-9-15/h5-9,12,14,25H,10-11,13H2,1-4H3,(H,21,24). The third kappa shape index (κ3) is 3.93. The highest BCUT2D eigenvalue weighted by Crippen LogP contribution is 2.41. The number of amides is 1. The van der Waals surface area contributed by atoms with Crippen LogP contribution in [-0.2, 0) is 11.1 Å². The van der Waals surface area contributed by atoms with E-state index in [1.807, 2.05) is 41.1 Å². The van der Waals surface area contributed by atoms with E-state index in [2.05, 4.69) is 31.2 Å². The first kappa shape index (κ1) is 17.7. The first-order valence-corrected chi connectivity index (χ1v) is 8.85. The molecule has 1 amide bonds. The molecular formula is C20H27N3O2. The highest BCUT2D eigenvalue weighted by atomic mass is 16.3. The molecule has 1 aromatic heterocycles. The fraction of sp³-hybridized carbons (Fsp3) is 0.500. The Kier molecular flexibility index (Phi) is 4.45. The number of rotatable bonds is 5. The number of nitrogens with zero attached hydrogens (tertiary/aromatic N) is 2. The molecule has 1 aliphatic rings. The summed E-state index contributed by atoms with van der Waals surface area (Å²) in [6, 6.07) is 11.3. The van der Waals surface area contributed by atoms with Crippen molar-refractivity contribution >= 4 is 5.91 Å². The third-order valence-corrected chi connectivity index (χ3v) is 4.59. The van der Waals surface area contributed by atoms with Crippen LogP contribution < -0.4 is 5.32 Å². The van der Waals surface area contributed by atoms with Gasteiger partial charge in [-0.25, -0.2) is 0 Å². The molecule has 134 valence electrons. The second-order valence-electron chi connectivity index (χ2n) is 8.13. The van der Waals surface area contributed by atoms with Gasteiger partial charge in [0.15, 0.2) is 0 Å². The summed E-state index contributed by atoms with van der Waals surface area (Å²) in [6.07, 6.45) is 2.32. The van der Waals surface area contributed by atoms with Crippen LogP contribution in [0.15, 0.2) is 36.4 Å². The Balaban J connectivity index is 1.74. The smallest absolute Gasteiger partial charge is 0.271 e. The summed E-state index contributed by atoms with van der Waals surface area (Å²) in [6.45, 7) is 8.11. The number of nitrogens with one attached hydrogen (secondary N) is 1. The minimum absolute atomic E-state index is 0.136. The molecule has 1 saturated carbocycles. The van der Waals surface area contributed by atoms with Gasteiger partial charge in [0.25, 0.3) is 5.91 Å². The predicted molar refractivity (Wildman–Crippen MR) is 97.5 cm³/mol. The second-order valence-corrected chi connectivity index (χ2v) is 8.13. The minimum atomic E-state index is -1.12. The largest absolute Gasteiger partial charge is 0.384 e. The zero-order valence-electron chi connectivity index (χ0n) is 15.4. The van der Waals surface area contributed by atoms with E-state index in [0.717, 1.165) is 24.1 Å². The second kappa shape index (κ2) is 6.30. The van der Waals surface area contributed by atoms with Crippen molar-refractivity contribution in [3.8, 4) is 0 Å². The minimum Gasteiger partial charge on any atom is -0.384 e. The quantitative estimate of drug-likeness (QED) is 0.878. The lowest BCUT2D eigenvalue weighted by molar-refractivity contribution is 0.0524. The number of hydrogen-bond acceptors (Lipinski definition) is 3. The molecule has 0 saturated heterocycles. The van der Waals surface area contributed by atoms with Crippen molar-refractivity contribution < 1.29 is 9.90 Å². The lowest BCUT2D eigenvalue weighted by Crippen LogP contribution is -2.38. The SMILES string of the molecule is CC(O)(CNC(=O)c1cc(C2CC2)n(C(C)(C)C)n1)c1ccccc1. The Hall–Kier alpha value is -2.14. The van der Waals surface area contributed by atoms with Gasteiger partial charge in [-0.2, -0.15) is 5.10 Å². The van der Waals surface area contributed by atoms with Crippen LogP contribution in [0.3, 0.4) is 0 Å². The first-order valence-electron chi connectivity index (χ1n) is 8.85. The van der Waals surface area contributed by atoms with Crippen LogP contribution in [0.5, 0.6) is 0 Å². The van der Waals surface area contributed by atoms with Crippen LogP contribution in [0.25, 0.3) is 0 Å². The highest BCUT2D eigenvalue weighted by molar-refractivity contribution is 5.92. The molecule has 25 heavy (non-hydrogen) atoms. The maximum absolute atomic E-state index is 12.6. The van der Waals surface area contributed by atoms with E-state index in [9.17, 15) is 9.90 Å². The van der Waals surface area contributed by atoms with Gasteiger partial charge < -0.3 is 10.4 Å². The normalized spacial score (nSPS) is 17.2. The Morgan fingerprint density at radius 1 is 1.24 bits per heavy atom. The van der Waals surface area contributed by atoms with Crippen molar-refractivity contribution in [1.82, 2.24) is 15.1 Å². The third-order valence-electron chi connectivity index (χ3n) is 4.59. The van der Waals surface area contributed by atoms with Crippen LogP contribution in [0.1, 0.15) is 68.2 Å². The van der Waals surface area contributed by atoms with E-state index < -0.39 is 5.60 Å².